The second-order valence-corrected chi connectivity index (χ2v) is 6.88. The van der Waals surface area contributed by atoms with Crippen LogP contribution in [0.25, 0.3) is 0 Å². The third-order valence-electron chi connectivity index (χ3n) is 4.09. The van der Waals surface area contributed by atoms with E-state index in [1.807, 2.05) is 30.3 Å². The number of hydrogen-bond donors (Lipinski definition) is 2. The van der Waals surface area contributed by atoms with Crippen LogP contribution in [0.4, 0.5) is 5.69 Å². The molecule has 0 spiro atoms. The van der Waals surface area contributed by atoms with Crippen LogP contribution in [-0.4, -0.2) is 42.8 Å². The largest absolute Gasteiger partial charge is 0.351 e. The molecule has 1 amide bonds. The molecule has 1 aliphatic rings. The fourth-order valence-electron chi connectivity index (χ4n) is 2.70. The minimum absolute atomic E-state index is 0. The second-order valence-electron chi connectivity index (χ2n) is 5.96. The third kappa shape index (κ3) is 5.92. The van der Waals surface area contributed by atoms with Crippen LogP contribution in [0.1, 0.15) is 10.4 Å². The summed E-state index contributed by atoms with van der Waals surface area (Å²) in [5.74, 6) is -0.368. The maximum absolute atomic E-state index is 12.9. The average Bonchev–Trinajstić information content (AvgIpc) is 2.70. The highest BCUT2D eigenvalue weighted by atomic mass is 79.9. The molecule has 0 aromatic heterocycles. The van der Waals surface area contributed by atoms with E-state index in [-0.39, 0.29) is 29.8 Å². The molecule has 1 aliphatic heterocycles. The Bertz CT molecular complexity index is 804. The first-order valence-electron chi connectivity index (χ1n) is 8.47. The normalized spacial score (nSPS) is 14.3. The van der Waals surface area contributed by atoms with Crippen molar-refractivity contribution in [2.24, 2.45) is 0 Å². The highest BCUT2D eigenvalue weighted by molar-refractivity contribution is 9.10. The summed E-state index contributed by atoms with van der Waals surface area (Å²) in [5, 5.41) is 6.34. The number of halogens is 2. The number of rotatable bonds is 5. The highest BCUT2D eigenvalue weighted by Crippen LogP contribution is 2.17. The summed E-state index contributed by atoms with van der Waals surface area (Å²) in [6.07, 6.45) is 1.39. The topological polar surface area (TPSA) is 61.4 Å². The first-order valence-corrected chi connectivity index (χ1v) is 9.26. The average molecular weight is 451 g/mol. The first kappa shape index (κ1) is 21.2. The number of anilines is 1. The van der Waals surface area contributed by atoms with Crippen molar-refractivity contribution in [1.29, 1.82) is 0 Å². The van der Waals surface area contributed by atoms with Crippen LogP contribution in [-0.2, 0) is 4.79 Å². The Kier molecular flexibility index (Phi) is 8.03. The summed E-state index contributed by atoms with van der Waals surface area (Å²) >= 11 is 3.40. The summed E-state index contributed by atoms with van der Waals surface area (Å²) in [7, 11) is 0. The lowest BCUT2D eigenvalue weighted by Crippen LogP contribution is -2.47. The smallest absolute Gasteiger partial charge is 0.270 e. The van der Waals surface area contributed by atoms with E-state index in [9.17, 15) is 9.59 Å². The zero-order chi connectivity index (χ0) is 18.4. The molecule has 1 heterocycles. The molecule has 2 N–H and O–H groups in total. The zero-order valence-corrected chi connectivity index (χ0v) is 17.1. The lowest BCUT2D eigenvalue weighted by atomic mass is 10.1. The quantitative estimate of drug-likeness (QED) is 0.541. The molecule has 7 heteroatoms. The summed E-state index contributed by atoms with van der Waals surface area (Å²) < 4.78 is 0.947. The summed E-state index contributed by atoms with van der Waals surface area (Å²) in [6, 6.07) is 16.4. The van der Waals surface area contributed by atoms with Crippen molar-refractivity contribution < 1.29 is 9.59 Å². The molecule has 142 valence electrons. The number of nitrogens with zero attached hydrogens (tertiary/aromatic N) is 1. The number of amides is 1. The minimum Gasteiger partial charge on any atom is -0.351 e. The van der Waals surface area contributed by atoms with Gasteiger partial charge in [0.15, 0.2) is 5.78 Å². The molecule has 0 atom stereocenters. The van der Waals surface area contributed by atoms with E-state index in [0.29, 0.717) is 18.7 Å². The Labute approximate surface area is 173 Å². The predicted octanol–water partition coefficient (Wildman–Crippen LogP) is 3.48. The van der Waals surface area contributed by atoms with Gasteiger partial charge in [-0.25, -0.2) is 0 Å². The van der Waals surface area contributed by atoms with Gasteiger partial charge in [0.1, 0.15) is 5.70 Å². The van der Waals surface area contributed by atoms with Crippen molar-refractivity contribution in [2.75, 3.05) is 31.5 Å². The van der Waals surface area contributed by atoms with Gasteiger partial charge in [-0.05, 0) is 24.3 Å². The standard InChI is InChI=1S/C20H20BrN3O2.ClH/c21-16-6-8-17(9-7-16)23-18(20(26)24-12-10-22-11-13-24)14-19(25)15-4-2-1-3-5-15;/h1-9,14,22-23H,10-13H2;1H. The van der Waals surface area contributed by atoms with Gasteiger partial charge in [0, 0.05) is 48.0 Å². The van der Waals surface area contributed by atoms with Crippen molar-refractivity contribution in [1.82, 2.24) is 10.2 Å². The van der Waals surface area contributed by atoms with Crippen molar-refractivity contribution in [3.05, 3.63) is 76.4 Å². The van der Waals surface area contributed by atoms with Crippen molar-refractivity contribution in [3.63, 3.8) is 0 Å². The van der Waals surface area contributed by atoms with Gasteiger partial charge in [-0.15, -0.1) is 12.4 Å². The van der Waals surface area contributed by atoms with Crippen LogP contribution in [0, 0.1) is 0 Å². The van der Waals surface area contributed by atoms with E-state index in [1.165, 1.54) is 6.08 Å². The number of carbonyl (C=O) groups is 2. The monoisotopic (exact) mass is 449 g/mol. The number of benzene rings is 2. The second kappa shape index (κ2) is 10.3. The molecule has 2 aromatic carbocycles. The van der Waals surface area contributed by atoms with E-state index >= 15 is 0 Å². The molecule has 0 saturated carbocycles. The van der Waals surface area contributed by atoms with E-state index < -0.39 is 0 Å². The highest BCUT2D eigenvalue weighted by Gasteiger charge is 2.21. The molecule has 0 radical (unpaired) electrons. The molecule has 0 aliphatic carbocycles. The van der Waals surface area contributed by atoms with Gasteiger partial charge in [0.2, 0.25) is 0 Å². The number of piperazine rings is 1. The van der Waals surface area contributed by atoms with Crippen molar-refractivity contribution in [2.45, 2.75) is 0 Å². The lowest BCUT2D eigenvalue weighted by molar-refractivity contribution is -0.127. The van der Waals surface area contributed by atoms with Crippen molar-refractivity contribution in [3.8, 4) is 0 Å². The maximum Gasteiger partial charge on any atom is 0.270 e. The Morgan fingerprint density at radius 2 is 1.63 bits per heavy atom. The van der Waals surface area contributed by atoms with Gasteiger partial charge in [0.25, 0.3) is 5.91 Å². The molecular formula is C20H21BrClN3O2. The summed E-state index contributed by atoms with van der Waals surface area (Å²) in [5.41, 5.74) is 1.59. The molecule has 5 nitrogen and oxygen atoms in total. The Balaban J connectivity index is 0.00000261. The fourth-order valence-corrected chi connectivity index (χ4v) is 2.96. The Hall–Kier alpha value is -2.15. The van der Waals surface area contributed by atoms with E-state index in [2.05, 4.69) is 26.6 Å². The summed E-state index contributed by atoms with van der Waals surface area (Å²) in [4.78, 5) is 27.3. The van der Waals surface area contributed by atoms with Crippen LogP contribution in [0.5, 0.6) is 0 Å². The molecule has 0 unspecified atom stereocenters. The van der Waals surface area contributed by atoms with Crippen LogP contribution in [0.15, 0.2) is 70.8 Å². The molecule has 0 bridgehead atoms. The molecule has 1 saturated heterocycles. The Morgan fingerprint density at radius 1 is 1.00 bits per heavy atom. The van der Waals surface area contributed by atoms with Gasteiger partial charge in [-0.3, -0.25) is 9.59 Å². The van der Waals surface area contributed by atoms with Gasteiger partial charge in [-0.1, -0.05) is 46.3 Å². The van der Waals surface area contributed by atoms with Crippen LogP contribution in [0.2, 0.25) is 0 Å². The van der Waals surface area contributed by atoms with E-state index in [4.69, 9.17) is 0 Å². The number of nitrogens with one attached hydrogen (secondary N) is 2. The van der Waals surface area contributed by atoms with Crippen LogP contribution >= 0.6 is 28.3 Å². The molecule has 27 heavy (non-hydrogen) atoms. The van der Waals surface area contributed by atoms with Crippen LogP contribution in [0.3, 0.4) is 0 Å². The molecule has 3 rings (SSSR count). The van der Waals surface area contributed by atoms with Gasteiger partial charge < -0.3 is 15.5 Å². The number of ketones is 1. The van der Waals surface area contributed by atoms with E-state index in [0.717, 1.165) is 23.2 Å². The maximum atomic E-state index is 12.9. The molecular weight excluding hydrogens is 430 g/mol. The minimum atomic E-state index is -0.200. The number of carbonyl (C=O) groups excluding carboxylic acids is 2. The molecule has 1 fully saturated rings. The SMILES string of the molecule is Cl.O=C(C=C(Nc1ccc(Br)cc1)C(=O)N1CCNCC1)c1ccccc1. The summed E-state index contributed by atoms with van der Waals surface area (Å²) in [6.45, 7) is 2.75. The first-order chi connectivity index (χ1) is 12.6. The fraction of sp³-hybridized carbons (Fsp3) is 0.200. The predicted molar refractivity (Wildman–Crippen MR) is 113 cm³/mol. The van der Waals surface area contributed by atoms with Crippen molar-refractivity contribution >= 4 is 45.7 Å². The van der Waals surface area contributed by atoms with Gasteiger partial charge in [-0.2, -0.15) is 0 Å². The molecule has 2 aromatic rings. The van der Waals surface area contributed by atoms with Gasteiger partial charge in [0.05, 0.1) is 0 Å². The lowest BCUT2D eigenvalue weighted by Gasteiger charge is -2.28. The van der Waals surface area contributed by atoms with Crippen LogP contribution < -0.4 is 10.6 Å². The number of allylic oxidation sites excluding steroid dienone is 1. The van der Waals surface area contributed by atoms with Gasteiger partial charge >= 0.3 is 0 Å². The van der Waals surface area contributed by atoms with E-state index in [1.54, 1.807) is 29.2 Å². The zero-order valence-electron chi connectivity index (χ0n) is 14.7. The number of hydrogen-bond acceptors (Lipinski definition) is 4. The Morgan fingerprint density at radius 3 is 2.26 bits per heavy atom. The third-order valence-corrected chi connectivity index (χ3v) is 4.62.